The number of rotatable bonds is 1. The van der Waals surface area contributed by atoms with Crippen LogP contribution in [-0.2, 0) is 0 Å². The van der Waals surface area contributed by atoms with Crippen LogP contribution in [0.5, 0.6) is 0 Å². The van der Waals surface area contributed by atoms with Crippen molar-refractivity contribution < 1.29 is 0 Å². The van der Waals surface area contributed by atoms with Crippen molar-refractivity contribution in [1.82, 2.24) is 0 Å². The Balaban J connectivity index is 2.16. The van der Waals surface area contributed by atoms with Gasteiger partial charge >= 0.3 is 0 Å². The molecule has 2 aromatic rings. The highest BCUT2D eigenvalue weighted by molar-refractivity contribution is 9.10. The number of halogens is 1. The van der Waals surface area contributed by atoms with Crippen LogP contribution in [0, 0.1) is 6.92 Å². The SMILES string of the molecule is CC1=CC(c2ccccc2C)c2ccc(Br)cc21. The summed E-state index contributed by atoms with van der Waals surface area (Å²) in [6, 6.07) is 15.3. The lowest BCUT2D eigenvalue weighted by atomic mass is 9.90. The zero-order valence-corrected chi connectivity index (χ0v) is 12.2. The first-order valence-corrected chi connectivity index (χ1v) is 7.00. The van der Waals surface area contributed by atoms with Gasteiger partial charge in [0.15, 0.2) is 0 Å². The second-order valence-corrected chi connectivity index (χ2v) is 5.83. The topological polar surface area (TPSA) is 0 Å². The van der Waals surface area contributed by atoms with Gasteiger partial charge in [-0.2, -0.15) is 0 Å². The molecule has 1 unspecified atom stereocenters. The molecule has 0 fully saturated rings. The molecule has 0 amide bonds. The predicted octanol–water partition coefficient (Wildman–Crippen LogP) is 5.31. The number of aryl methyl sites for hydroxylation is 1. The van der Waals surface area contributed by atoms with Crippen LogP contribution in [0.15, 0.2) is 53.0 Å². The highest BCUT2D eigenvalue weighted by Crippen LogP contribution is 2.41. The van der Waals surface area contributed by atoms with Gasteiger partial charge in [-0.15, -0.1) is 0 Å². The summed E-state index contributed by atoms with van der Waals surface area (Å²) in [4.78, 5) is 0. The van der Waals surface area contributed by atoms with Crippen LogP contribution >= 0.6 is 15.9 Å². The van der Waals surface area contributed by atoms with E-state index < -0.39 is 0 Å². The molecule has 0 bridgehead atoms. The van der Waals surface area contributed by atoms with Crippen LogP contribution in [0.3, 0.4) is 0 Å². The van der Waals surface area contributed by atoms with Gasteiger partial charge in [0.25, 0.3) is 0 Å². The highest BCUT2D eigenvalue weighted by Gasteiger charge is 2.23. The Kier molecular flexibility index (Phi) is 2.87. The average Bonchev–Trinajstić information content (AvgIpc) is 2.67. The van der Waals surface area contributed by atoms with Gasteiger partial charge in [-0.25, -0.2) is 0 Å². The third-order valence-electron chi connectivity index (χ3n) is 3.72. The predicted molar refractivity (Wildman–Crippen MR) is 80.8 cm³/mol. The molecule has 0 saturated carbocycles. The highest BCUT2D eigenvalue weighted by atomic mass is 79.9. The van der Waals surface area contributed by atoms with Crippen LogP contribution in [-0.4, -0.2) is 0 Å². The Bertz CT molecular complexity index is 638. The summed E-state index contributed by atoms with van der Waals surface area (Å²) in [7, 11) is 0. The second kappa shape index (κ2) is 4.40. The second-order valence-electron chi connectivity index (χ2n) is 4.92. The maximum absolute atomic E-state index is 3.56. The van der Waals surface area contributed by atoms with Crippen molar-refractivity contribution in [3.8, 4) is 0 Å². The van der Waals surface area contributed by atoms with Gasteiger partial charge in [0.1, 0.15) is 0 Å². The number of hydrogen-bond donors (Lipinski definition) is 0. The fraction of sp³-hybridized carbons (Fsp3) is 0.176. The molecule has 0 N–H and O–H groups in total. The monoisotopic (exact) mass is 298 g/mol. The van der Waals surface area contributed by atoms with E-state index in [1.165, 1.54) is 27.8 Å². The maximum Gasteiger partial charge on any atom is 0.0284 e. The van der Waals surface area contributed by atoms with Crippen molar-refractivity contribution in [3.05, 3.63) is 75.3 Å². The van der Waals surface area contributed by atoms with Crippen LogP contribution in [0.1, 0.15) is 35.1 Å². The third-order valence-corrected chi connectivity index (χ3v) is 4.21. The summed E-state index contributed by atoms with van der Waals surface area (Å²) < 4.78 is 1.15. The first kappa shape index (κ1) is 11.7. The van der Waals surface area contributed by atoms with Gasteiger partial charge in [0.05, 0.1) is 0 Å². The lowest BCUT2D eigenvalue weighted by molar-refractivity contribution is 1.03. The van der Waals surface area contributed by atoms with Crippen molar-refractivity contribution in [3.63, 3.8) is 0 Å². The molecule has 0 aliphatic heterocycles. The summed E-state index contributed by atoms with van der Waals surface area (Å²) in [5.41, 5.74) is 6.95. The lowest BCUT2D eigenvalue weighted by Crippen LogP contribution is -1.98. The van der Waals surface area contributed by atoms with Crippen molar-refractivity contribution in [2.24, 2.45) is 0 Å². The van der Waals surface area contributed by atoms with E-state index in [0.717, 1.165) is 4.47 Å². The minimum Gasteiger partial charge on any atom is -0.0691 e. The fourth-order valence-electron chi connectivity index (χ4n) is 2.76. The van der Waals surface area contributed by atoms with Crippen molar-refractivity contribution in [2.45, 2.75) is 19.8 Å². The number of allylic oxidation sites excluding steroid dienone is 2. The van der Waals surface area contributed by atoms with Crippen molar-refractivity contribution in [2.75, 3.05) is 0 Å². The Morgan fingerprint density at radius 2 is 1.72 bits per heavy atom. The minimum absolute atomic E-state index is 0.411. The van der Waals surface area contributed by atoms with Gasteiger partial charge in [0.2, 0.25) is 0 Å². The Hall–Kier alpha value is -1.34. The van der Waals surface area contributed by atoms with Crippen LogP contribution < -0.4 is 0 Å². The summed E-state index contributed by atoms with van der Waals surface area (Å²) in [5, 5.41) is 0. The van der Waals surface area contributed by atoms with E-state index >= 15 is 0 Å². The van der Waals surface area contributed by atoms with Crippen molar-refractivity contribution >= 4 is 21.5 Å². The molecule has 1 atom stereocenters. The molecule has 0 nitrogen and oxygen atoms in total. The van der Waals surface area contributed by atoms with Crippen LogP contribution in [0.25, 0.3) is 5.57 Å². The van der Waals surface area contributed by atoms with Crippen LogP contribution in [0.2, 0.25) is 0 Å². The largest absolute Gasteiger partial charge is 0.0691 e. The molecule has 0 spiro atoms. The van der Waals surface area contributed by atoms with E-state index in [9.17, 15) is 0 Å². The average molecular weight is 299 g/mol. The molecule has 90 valence electrons. The molecule has 2 aromatic carbocycles. The van der Waals surface area contributed by atoms with E-state index in [1.54, 1.807) is 0 Å². The maximum atomic E-state index is 3.56. The van der Waals surface area contributed by atoms with Crippen LogP contribution in [0.4, 0.5) is 0 Å². The molecule has 3 rings (SSSR count). The Morgan fingerprint density at radius 3 is 2.50 bits per heavy atom. The van der Waals surface area contributed by atoms with Gasteiger partial charge in [-0.3, -0.25) is 0 Å². The number of benzene rings is 2. The smallest absolute Gasteiger partial charge is 0.0284 e. The van der Waals surface area contributed by atoms with E-state index in [-0.39, 0.29) is 0 Å². The molecule has 1 aliphatic rings. The van der Waals surface area contributed by atoms with E-state index in [0.29, 0.717) is 5.92 Å². The number of fused-ring (bicyclic) bond motifs is 1. The molecular weight excluding hydrogens is 284 g/mol. The summed E-state index contributed by atoms with van der Waals surface area (Å²) in [6.07, 6.45) is 2.37. The quantitative estimate of drug-likeness (QED) is 0.669. The molecule has 0 radical (unpaired) electrons. The normalized spacial score (nSPS) is 17.5. The Labute approximate surface area is 116 Å². The standard InChI is InChI=1S/C17H15Br/c1-11-5-3-4-6-14(11)17-9-12(2)16-10-13(18)7-8-15(16)17/h3-10,17H,1-2H3. The first-order chi connectivity index (χ1) is 8.66. The van der Waals surface area contributed by atoms with E-state index in [1.807, 2.05) is 0 Å². The van der Waals surface area contributed by atoms with E-state index in [2.05, 4.69) is 78.3 Å². The van der Waals surface area contributed by atoms with Gasteiger partial charge in [0, 0.05) is 10.4 Å². The zero-order valence-electron chi connectivity index (χ0n) is 10.6. The number of hydrogen-bond acceptors (Lipinski definition) is 0. The van der Waals surface area contributed by atoms with Gasteiger partial charge in [-0.1, -0.05) is 52.3 Å². The van der Waals surface area contributed by atoms with E-state index in [4.69, 9.17) is 0 Å². The summed E-state index contributed by atoms with van der Waals surface area (Å²) in [6.45, 7) is 4.39. The minimum atomic E-state index is 0.411. The van der Waals surface area contributed by atoms with Gasteiger partial charge in [-0.05, 0) is 53.8 Å². The lowest BCUT2D eigenvalue weighted by Gasteiger charge is -2.14. The molecule has 1 heteroatoms. The molecular formula is C17H15Br. The Morgan fingerprint density at radius 1 is 0.944 bits per heavy atom. The summed E-state index contributed by atoms with van der Waals surface area (Å²) in [5.74, 6) is 0.411. The molecule has 1 aliphatic carbocycles. The zero-order chi connectivity index (χ0) is 12.7. The first-order valence-electron chi connectivity index (χ1n) is 6.20. The molecule has 0 aromatic heterocycles. The molecule has 0 saturated heterocycles. The van der Waals surface area contributed by atoms with Crippen molar-refractivity contribution in [1.29, 1.82) is 0 Å². The third kappa shape index (κ3) is 1.83. The summed E-state index contributed by atoms with van der Waals surface area (Å²) >= 11 is 3.56. The van der Waals surface area contributed by atoms with Gasteiger partial charge < -0.3 is 0 Å². The molecule has 18 heavy (non-hydrogen) atoms. The molecule has 0 heterocycles. The fourth-order valence-corrected chi connectivity index (χ4v) is 3.12.